The first-order chi connectivity index (χ1) is 16.9. The molecule has 192 valence electrons. The molecule has 2 aromatic heterocycles. The maximum absolute atomic E-state index is 13.1. The first-order valence-corrected chi connectivity index (χ1v) is 13.1. The number of ether oxygens (including phenoxy) is 1. The van der Waals surface area contributed by atoms with Crippen molar-refractivity contribution in [2.75, 3.05) is 52.5 Å². The summed E-state index contributed by atoms with van der Waals surface area (Å²) >= 11 is 0. The van der Waals surface area contributed by atoms with Gasteiger partial charge in [0, 0.05) is 50.4 Å². The molecule has 1 unspecified atom stereocenters. The molecule has 1 atom stereocenters. The van der Waals surface area contributed by atoms with Crippen LogP contribution in [0.1, 0.15) is 69.3 Å². The van der Waals surface area contributed by atoms with Gasteiger partial charge in [-0.05, 0) is 44.7 Å². The molecule has 5 rings (SSSR count). The third kappa shape index (κ3) is 5.44. The van der Waals surface area contributed by atoms with E-state index in [4.69, 9.17) is 9.15 Å². The second-order valence-corrected chi connectivity index (χ2v) is 10.7. The average molecular weight is 486 g/mol. The van der Waals surface area contributed by atoms with Gasteiger partial charge >= 0.3 is 0 Å². The van der Waals surface area contributed by atoms with Gasteiger partial charge in [0.05, 0.1) is 32.0 Å². The number of carbonyl (C=O) groups excluding carboxylic acids is 1. The third-order valence-corrected chi connectivity index (χ3v) is 7.88. The van der Waals surface area contributed by atoms with Gasteiger partial charge in [-0.25, -0.2) is 0 Å². The fourth-order valence-electron chi connectivity index (χ4n) is 5.72. The second kappa shape index (κ2) is 10.4. The Morgan fingerprint density at radius 2 is 1.94 bits per heavy atom. The summed E-state index contributed by atoms with van der Waals surface area (Å²) in [6.07, 6.45) is 7.32. The first kappa shape index (κ1) is 24.4. The van der Waals surface area contributed by atoms with E-state index in [1.54, 1.807) is 0 Å². The van der Waals surface area contributed by atoms with Crippen molar-refractivity contribution in [2.45, 2.75) is 65.1 Å². The van der Waals surface area contributed by atoms with Crippen molar-refractivity contribution >= 4 is 5.91 Å². The predicted octanol–water partition coefficient (Wildman–Crippen LogP) is 2.30. The quantitative estimate of drug-likeness (QED) is 0.590. The van der Waals surface area contributed by atoms with Crippen LogP contribution in [0.4, 0.5) is 0 Å². The van der Waals surface area contributed by atoms with Gasteiger partial charge < -0.3 is 14.1 Å². The largest absolute Gasteiger partial charge is 0.423 e. The topological polar surface area (TPSA) is 92.8 Å². The molecule has 10 nitrogen and oxygen atoms in total. The number of carbonyl (C=O) groups is 1. The number of aryl methyl sites for hydroxylation is 1. The number of hydrogen-bond donors (Lipinski definition) is 0. The van der Waals surface area contributed by atoms with Crippen molar-refractivity contribution in [3.63, 3.8) is 0 Å². The molecule has 3 fully saturated rings. The molecule has 0 bridgehead atoms. The first-order valence-electron chi connectivity index (χ1n) is 13.1. The lowest BCUT2D eigenvalue weighted by Crippen LogP contribution is -2.46. The van der Waals surface area contributed by atoms with E-state index in [9.17, 15) is 4.79 Å². The van der Waals surface area contributed by atoms with E-state index in [1.165, 1.54) is 5.56 Å². The van der Waals surface area contributed by atoms with Crippen molar-refractivity contribution in [3.05, 3.63) is 29.7 Å². The molecule has 0 N–H and O–H groups in total. The summed E-state index contributed by atoms with van der Waals surface area (Å²) in [6, 6.07) is -0.00525. The average Bonchev–Trinajstić information content (AvgIpc) is 3.60. The van der Waals surface area contributed by atoms with Gasteiger partial charge in [-0.1, -0.05) is 13.8 Å². The number of piperidine rings is 1. The Bertz CT molecular complexity index is 989. The van der Waals surface area contributed by atoms with Crippen LogP contribution >= 0.6 is 0 Å². The molecule has 2 aromatic rings. The van der Waals surface area contributed by atoms with Crippen molar-refractivity contribution in [1.82, 2.24) is 34.7 Å². The Hall–Kier alpha value is -2.30. The van der Waals surface area contributed by atoms with E-state index in [1.807, 2.05) is 15.8 Å². The van der Waals surface area contributed by atoms with Gasteiger partial charge in [0.15, 0.2) is 0 Å². The highest BCUT2D eigenvalue weighted by Gasteiger charge is 2.48. The molecule has 0 radical (unpaired) electrons. The number of amides is 1. The molecule has 0 aliphatic carbocycles. The minimum absolute atomic E-state index is 0.00525. The van der Waals surface area contributed by atoms with E-state index in [0.29, 0.717) is 44.6 Å². The van der Waals surface area contributed by atoms with Crippen LogP contribution in [0.5, 0.6) is 0 Å². The van der Waals surface area contributed by atoms with Gasteiger partial charge in [-0.2, -0.15) is 5.10 Å². The SMILES string of the molecule is CCn1cc(CN2CCC3(CC2)CC(c2nnc(C(C)C)o2)N(CC(=O)N2CCOCC2)C3)cn1. The maximum atomic E-state index is 13.1. The lowest BCUT2D eigenvalue weighted by Gasteiger charge is -2.39. The third-order valence-electron chi connectivity index (χ3n) is 7.88. The lowest BCUT2D eigenvalue weighted by atomic mass is 9.76. The minimum Gasteiger partial charge on any atom is -0.423 e. The van der Waals surface area contributed by atoms with Crippen LogP contribution in [-0.4, -0.2) is 93.1 Å². The van der Waals surface area contributed by atoms with Crippen molar-refractivity contribution in [1.29, 1.82) is 0 Å². The normalized spacial score (nSPS) is 23.5. The van der Waals surface area contributed by atoms with Crippen molar-refractivity contribution in [3.8, 4) is 0 Å². The standard InChI is InChI=1S/C25H39N7O3/c1-4-32-16-20(14-26-32)15-29-7-5-25(6-8-29)13-21(24-28-27-23(35-24)19(2)3)31(18-25)17-22(33)30-9-11-34-12-10-30/h14,16,19,21H,4-13,15,17-18H2,1-3H3. The Labute approximate surface area is 207 Å². The highest BCUT2D eigenvalue weighted by Crippen LogP contribution is 2.49. The molecule has 3 aliphatic heterocycles. The molecule has 3 aliphatic rings. The van der Waals surface area contributed by atoms with Crippen molar-refractivity contribution in [2.24, 2.45) is 5.41 Å². The number of aromatic nitrogens is 4. The zero-order valence-electron chi connectivity index (χ0n) is 21.4. The molecule has 1 spiro atoms. The van der Waals surface area contributed by atoms with E-state index in [-0.39, 0.29) is 23.3 Å². The van der Waals surface area contributed by atoms with Crippen LogP contribution in [-0.2, 0) is 22.6 Å². The molecule has 5 heterocycles. The van der Waals surface area contributed by atoms with Gasteiger partial charge in [0.25, 0.3) is 0 Å². The highest BCUT2D eigenvalue weighted by molar-refractivity contribution is 5.78. The van der Waals surface area contributed by atoms with E-state index in [0.717, 1.165) is 52.0 Å². The number of rotatable bonds is 7. The molecular formula is C25H39N7O3. The van der Waals surface area contributed by atoms with Gasteiger partial charge in [-0.15, -0.1) is 10.2 Å². The summed E-state index contributed by atoms with van der Waals surface area (Å²) in [4.78, 5) is 19.9. The van der Waals surface area contributed by atoms with E-state index in [2.05, 4.69) is 52.1 Å². The molecule has 0 aromatic carbocycles. The smallest absolute Gasteiger partial charge is 0.236 e. The van der Waals surface area contributed by atoms with Crippen LogP contribution in [0.15, 0.2) is 16.8 Å². The molecule has 10 heteroatoms. The lowest BCUT2D eigenvalue weighted by molar-refractivity contribution is -0.136. The minimum atomic E-state index is -0.00525. The fourth-order valence-corrected chi connectivity index (χ4v) is 5.72. The fraction of sp³-hybridized carbons (Fsp3) is 0.760. The number of likely N-dealkylation sites (tertiary alicyclic amines) is 2. The summed E-state index contributed by atoms with van der Waals surface area (Å²) in [5.74, 6) is 1.69. The summed E-state index contributed by atoms with van der Waals surface area (Å²) in [5.41, 5.74) is 1.45. The van der Waals surface area contributed by atoms with Crippen LogP contribution in [0, 0.1) is 5.41 Å². The number of nitrogens with zero attached hydrogens (tertiary/aromatic N) is 7. The number of hydrogen-bond acceptors (Lipinski definition) is 8. The maximum Gasteiger partial charge on any atom is 0.236 e. The Morgan fingerprint density at radius 1 is 1.17 bits per heavy atom. The van der Waals surface area contributed by atoms with Crippen molar-refractivity contribution < 1.29 is 13.9 Å². The van der Waals surface area contributed by atoms with E-state index >= 15 is 0 Å². The zero-order chi connectivity index (χ0) is 24.4. The highest BCUT2D eigenvalue weighted by atomic mass is 16.5. The zero-order valence-corrected chi connectivity index (χ0v) is 21.4. The Kier molecular flexibility index (Phi) is 7.22. The van der Waals surface area contributed by atoms with Crippen LogP contribution < -0.4 is 0 Å². The predicted molar refractivity (Wildman–Crippen MR) is 130 cm³/mol. The van der Waals surface area contributed by atoms with Gasteiger partial charge in [0.2, 0.25) is 17.7 Å². The van der Waals surface area contributed by atoms with Crippen LogP contribution in [0.2, 0.25) is 0 Å². The van der Waals surface area contributed by atoms with E-state index < -0.39 is 0 Å². The summed E-state index contributed by atoms with van der Waals surface area (Å²) in [7, 11) is 0. The molecule has 1 amide bonds. The Balaban J connectivity index is 1.27. The summed E-state index contributed by atoms with van der Waals surface area (Å²) in [5, 5.41) is 13.1. The summed E-state index contributed by atoms with van der Waals surface area (Å²) in [6.45, 7) is 14.1. The number of morpholine rings is 1. The second-order valence-electron chi connectivity index (χ2n) is 10.7. The van der Waals surface area contributed by atoms with Crippen LogP contribution in [0.3, 0.4) is 0 Å². The molecule has 35 heavy (non-hydrogen) atoms. The molecule has 3 saturated heterocycles. The Morgan fingerprint density at radius 3 is 2.60 bits per heavy atom. The molecule has 0 saturated carbocycles. The molecular weight excluding hydrogens is 446 g/mol. The van der Waals surface area contributed by atoms with Crippen LogP contribution in [0.25, 0.3) is 0 Å². The van der Waals surface area contributed by atoms with Gasteiger partial charge in [-0.3, -0.25) is 19.3 Å². The van der Waals surface area contributed by atoms with Gasteiger partial charge in [0.1, 0.15) is 0 Å². The summed E-state index contributed by atoms with van der Waals surface area (Å²) < 4.78 is 13.5. The monoisotopic (exact) mass is 485 g/mol.